The molecule has 4 aliphatic carbocycles. The molecule has 5 rings (SSSR count). The van der Waals surface area contributed by atoms with E-state index in [1.807, 2.05) is 20.8 Å². The van der Waals surface area contributed by atoms with Crippen molar-refractivity contribution in [3.8, 4) is 0 Å². The van der Waals surface area contributed by atoms with E-state index in [1.54, 1.807) is 0 Å². The van der Waals surface area contributed by atoms with Gasteiger partial charge in [0, 0.05) is 5.41 Å². The largest absolute Gasteiger partial charge is 0.394 e. The van der Waals surface area contributed by atoms with Crippen LogP contribution in [0, 0.1) is 45.3 Å². The van der Waals surface area contributed by atoms with Crippen molar-refractivity contribution in [1.29, 1.82) is 0 Å². The fraction of sp³-hybridized carbons (Fsp3) is 0.944. The van der Waals surface area contributed by atoms with Crippen molar-refractivity contribution in [2.75, 3.05) is 6.61 Å². The number of fused-ring (bicyclic) bond motifs is 5. The summed E-state index contributed by atoms with van der Waals surface area (Å²) >= 11 is 0. The Bertz CT molecular complexity index is 1110. The molecule has 260 valence electrons. The Morgan fingerprint density at radius 3 is 1.98 bits per heavy atom. The molecule has 1 saturated heterocycles. The van der Waals surface area contributed by atoms with Gasteiger partial charge in [-0.2, -0.15) is 0 Å². The van der Waals surface area contributed by atoms with E-state index < -0.39 is 72.1 Å². The van der Waals surface area contributed by atoms with E-state index in [0.717, 1.165) is 19.3 Å². The SMILES string of the molecule is CC(C)=CCC[C@@](C)(O[C@@H]1O[C@H](CO)[C@@H](O)[C@@H](O)[C@H]1O)[C@@]1(C)CC[C@]2(C)C3C[C@@H](O)C4C(C)(C)C(O)CC[C@]4(C)C3C[C@H](O)[C@@H]12. The number of hydrogen-bond donors (Lipinski definition) is 7. The average Bonchev–Trinajstić information content (AvgIpc) is 3.25. The number of rotatable bonds is 7. The van der Waals surface area contributed by atoms with Crippen molar-refractivity contribution in [1.82, 2.24) is 0 Å². The Morgan fingerprint density at radius 1 is 0.822 bits per heavy atom. The first-order valence-corrected chi connectivity index (χ1v) is 17.4. The van der Waals surface area contributed by atoms with Crippen LogP contribution in [0.3, 0.4) is 0 Å². The Labute approximate surface area is 270 Å². The van der Waals surface area contributed by atoms with Gasteiger partial charge in [-0.3, -0.25) is 0 Å². The van der Waals surface area contributed by atoms with Gasteiger partial charge in [0.1, 0.15) is 24.4 Å². The number of aliphatic hydroxyl groups is 7. The predicted molar refractivity (Wildman–Crippen MR) is 170 cm³/mol. The van der Waals surface area contributed by atoms with Gasteiger partial charge in [-0.25, -0.2) is 0 Å². The molecule has 0 aromatic heterocycles. The molecule has 0 radical (unpaired) electrons. The third-order valence-electron chi connectivity index (χ3n) is 14.5. The molecule has 7 N–H and O–H groups in total. The van der Waals surface area contributed by atoms with Crippen LogP contribution in [0.15, 0.2) is 11.6 Å². The minimum atomic E-state index is -1.54. The zero-order valence-electron chi connectivity index (χ0n) is 28.8. The third kappa shape index (κ3) is 5.39. The maximum atomic E-state index is 12.3. The lowest BCUT2D eigenvalue weighted by atomic mass is 9.38. The molecule has 4 saturated carbocycles. The highest BCUT2D eigenvalue weighted by molar-refractivity contribution is 5.20. The van der Waals surface area contributed by atoms with E-state index in [1.165, 1.54) is 5.57 Å². The van der Waals surface area contributed by atoms with Crippen molar-refractivity contribution < 1.29 is 45.2 Å². The van der Waals surface area contributed by atoms with Crippen molar-refractivity contribution in [2.45, 2.75) is 161 Å². The molecule has 1 aliphatic heterocycles. The van der Waals surface area contributed by atoms with E-state index >= 15 is 0 Å². The average molecular weight is 639 g/mol. The van der Waals surface area contributed by atoms with Crippen LogP contribution in [0.25, 0.3) is 0 Å². The standard InChI is InChI=1S/C36H62O9/c1-19(2)10-9-12-36(8,45-31-28(43)27(42)26(41)24(18-37)44-31)35(7)15-14-34(6)21-16-22(38)29-32(3,4)25(40)11-13-33(29,5)20(21)17-23(39)30(34)35/h10,20-31,37-43H,9,11-18H2,1-8H3/t20?,21?,22-,23+,24-,25?,26-,27-,28-,29?,30-,31+,33-,34-,35+,36-/m1/s1. The highest BCUT2D eigenvalue weighted by atomic mass is 16.7. The van der Waals surface area contributed by atoms with Gasteiger partial charge in [0.15, 0.2) is 6.29 Å². The molecule has 1 heterocycles. The molecule has 9 nitrogen and oxygen atoms in total. The monoisotopic (exact) mass is 638 g/mol. The van der Waals surface area contributed by atoms with Crippen LogP contribution in [0.4, 0.5) is 0 Å². The van der Waals surface area contributed by atoms with Crippen LogP contribution >= 0.6 is 0 Å². The summed E-state index contributed by atoms with van der Waals surface area (Å²) in [5, 5.41) is 77.0. The lowest BCUT2D eigenvalue weighted by Crippen LogP contribution is -2.67. The first-order chi connectivity index (χ1) is 20.8. The zero-order chi connectivity index (χ0) is 33.5. The Morgan fingerprint density at radius 2 is 1.40 bits per heavy atom. The molecule has 0 aromatic carbocycles. The molecule has 5 aliphatic rings. The topological polar surface area (TPSA) is 160 Å². The minimum absolute atomic E-state index is 0.0565. The summed E-state index contributed by atoms with van der Waals surface area (Å²) in [6, 6.07) is 0. The summed E-state index contributed by atoms with van der Waals surface area (Å²) in [6.45, 7) is 16.5. The second kappa shape index (κ2) is 12.1. The van der Waals surface area contributed by atoms with Crippen molar-refractivity contribution in [3.63, 3.8) is 0 Å². The first kappa shape index (κ1) is 35.7. The Balaban J connectivity index is 1.51. The van der Waals surface area contributed by atoms with Crippen LogP contribution in [0.2, 0.25) is 0 Å². The second-order valence-corrected chi connectivity index (χ2v) is 17.4. The molecular weight excluding hydrogens is 576 g/mol. The molecule has 0 amide bonds. The minimum Gasteiger partial charge on any atom is -0.394 e. The molecule has 9 heteroatoms. The fourth-order valence-corrected chi connectivity index (χ4v) is 11.9. The summed E-state index contributed by atoms with van der Waals surface area (Å²) in [5.74, 6) is 0.172. The van der Waals surface area contributed by atoms with Gasteiger partial charge in [-0.15, -0.1) is 0 Å². The van der Waals surface area contributed by atoms with Crippen LogP contribution in [0.1, 0.15) is 107 Å². The van der Waals surface area contributed by atoms with Crippen LogP contribution in [-0.4, -0.2) is 97.0 Å². The number of aliphatic hydroxyl groups excluding tert-OH is 7. The second-order valence-electron chi connectivity index (χ2n) is 17.4. The van der Waals surface area contributed by atoms with E-state index in [-0.39, 0.29) is 34.5 Å². The highest BCUT2D eigenvalue weighted by Gasteiger charge is 2.72. The van der Waals surface area contributed by atoms with Crippen molar-refractivity contribution in [3.05, 3.63) is 11.6 Å². The lowest BCUT2D eigenvalue weighted by molar-refractivity contribution is -0.344. The predicted octanol–water partition coefficient (Wildman–Crippen LogP) is 3.30. The van der Waals surface area contributed by atoms with Crippen molar-refractivity contribution >= 4 is 0 Å². The van der Waals surface area contributed by atoms with E-state index in [9.17, 15) is 35.7 Å². The Kier molecular flexibility index (Phi) is 9.56. The molecule has 0 spiro atoms. The molecule has 0 aromatic rings. The number of allylic oxidation sites excluding steroid dienone is 2. The van der Waals surface area contributed by atoms with Gasteiger partial charge >= 0.3 is 0 Å². The molecule has 16 atom stereocenters. The smallest absolute Gasteiger partial charge is 0.187 e. The van der Waals surface area contributed by atoms with Gasteiger partial charge in [-0.05, 0) is 112 Å². The van der Waals surface area contributed by atoms with Gasteiger partial charge in [0.25, 0.3) is 0 Å². The zero-order valence-corrected chi connectivity index (χ0v) is 28.8. The van der Waals surface area contributed by atoms with Crippen molar-refractivity contribution in [2.24, 2.45) is 45.3 Å². The lowest BCUT2D eigenvalue weighted by Gasteiger charge is -2.68. The maximum absolute atomic E-state index is 12.3. The number of hydrogen-bond acceptors (Lipinski definition) is 9. The van der Waals surface area contributed by atoms with Gasteiger partial charge in [0.2, 0.25) is 0 Å². The van der Waals surface area contributed by atoms with Crippen LogP contribution in [-0.2, 0) is 9.47 Å². The van der Waals surface area contributed by atoms with Crippen LogP contribution < -0.4 is 0 Å². The Hall–Kier alpha value is -0.620. The quantitative estimate of drug-likeness (QED) is 0.208. The fourth-order valence-electron chi connectivity index (χ4n) is 11.9. The molecular formula is C36H62O9. The first-order valence-electron chi connectivity index (χ1n) is 17.4. The van der Waals surface area contributed by atoms with Gasteiger partial charge in [0.05, 0.1) is 30.5 Å². The summed E-state index contributed by atoms with van der Waals surface area (Å²) in [6.07, 6.45) is -0.693. The van der Waals surface area contributed by atoms with E-state index in [2.05, 4.69) is 40.7 Å². The third-order valence-corrected chi connectivity index (χ3v) is 14.5. The highest BCUT2D eigenvalue weighted by Crippen LogP contribution is 2.74. The maximum Gasteiger partial charge on any atom is 0.187 e. The molecule has 5 fully saturated rings. The summed E-state index contributed by atoms with van der Waals surface area (Å²) in [4.78, 5) is 0. The summed E-state index contributed by atoms with van der Waals surface area (Å²) < 4.78 is 12.7. The molecule has 45 heavy (non-hydrogen) atoms. The normalized spacial score (nSPS) is 52.2. The number of ether oxygens (including phenoxy) is 2. The van der Waals surface area contributed by atoms with Gasteiger partial charge in [-0.1, -0.05) is 46.3 Å². The summed E-state index contributed by atoms with van der Waals surface area (Å²) in [5.41, 5.74) is -1.23. The summed E-state index contributed by atoms with van der Waals surface area (Å²) in [7, 11) is 0. The molecule has 0 bridgehead atoms. The van der Waals surface area contributed by atoms with Crippen LogP contribution in [0.5, 0.6) is 0 Å². The van der Waals surface area contributed by atoms with E-state index in [0.29, 0.717) is 32.1 Å². The van der Waals surface area contributed by atoms with E-state index in [4.69, 9.17) is 9.47 Å². The molecule has 4 unspecified atom stereocenters. The van der Waals surface area contributed by atoms with Gasteiger partial charge < -0.3 is 45.2 Å².